The van der Waals surface area contributed by atoms with E-state index in [0.29, 0.717) is 16.9 Å². The summed E-state index contributed by atoms with van der Waals surface area (Å²) in [6, 6.07) is 1.87. The molecule has 0 aliphatic heterocycles. The Labute approximate surface area is 99.1 Å². The van der Waals surface area contributed by atoms with Gasteiger partial charge in [0.25, 0.3) is 0 Å². The highest BCUT2D eigenvalue weighted by molar-refractivity contribution is 6.33. The molecule has 0 fully saturated rings. The Kier molecular flexibility index (Phi) is 4.57. The molecule has 0 saturated carbocycles. The van der Waals surface area contributed by atoms with Gasteiger partial charge < -0.3 is 9.64 Å². The lowest BCUT2D eigenvalue weighted by molar-refractivity contribution is 0.183. The molecule has 0 saturated heterocycles. The molecule has 6 heteroatoms. The Balaban J connectivity index is 2.89. The summed E-state index contributed by atoms with van der Waals surface area (Å²) in [5.74, 6) is 0. The summed E-state index contributed by atoms with van der Waals surface area (Å²) in [6.07, 6.45) is 0. The van der Waals surface area contributed by atoms with Gasteiger partial charge in [0.05, 0.1) is 12.3 Å². The monoisotopic (exact) mass is 249 g/mol. The summed E-state index contributed by atoms with van der Waals surface area (Å²) >= 11 is 11.7. The maximum absolute atomic E-state index is 5.92. The molecule has 0 aromatic carbocycles. The van der Waals surface area contributed by atoms with Crippen LogP contribution < -0.4 is 4.90 Å². The number of ether oxygens (including phenoxy) is 1. The van der Waals surface area contributed by atoms with E-state index in [2.05, 4.69) is 10.2 Å². The van der Waals surface area contributed by atoms with Crippen molar-refractivity contribution in [2.75, 3.05) is 25.7 Å². The highest BCUT2D eigenvalue weighted by Crippen LogP contribution is 2.25. The molecule has 0 N–H and O–H groups in total. The number of anilines is 1. The quantitative estimate of drug-likeness (QED) is 0.821. The number of hydrogen-bond donors (Lipinski definition) is 0. The number of methoxy groups -OCH3 is 1. The average molecular weight is 250 g/mol. The molecular weight excluding hydrogens is 237 g/mol. The Morgan fingerprint density at radius 3 is 2.73 bits per heavy atom. The Hall–Kier alpha value is -0.580. The fourth-order valence-corrected chi connectivity index (χ4v) is 1.55. The van der Waals surface area contributed by atoms with E-state index in [0.717, 1.165) is 5.69 Å². The zero-order valence-electron chi connectivity index (χ0n) is 8.87. The lowest BCUT2D eigenvalue weighted by Gasteiger charge is -2.26. The summed E-state index contributed by atoms with van der Waals surface area (Å²) < 4.78 is 5.06. The van der Waals surface area contributed by atoms with Crippen molar-refractivity contribution in [3.63, 3.8) is 0 Å². The van der Waals surface area contributed by atoms with Gasteiger partial charge in [0.2, 0.25) is 0 Å². The molecular formula is C9H13Cl2N3O. The molecule has 4 nitrogen and oxygen atoms in total. The summed E-state index contributed by atoms with van der Waals surface area (Å²) in [5.41, 5.74) is 0.751. The van der Waals surface area contributed by atoms with Crippen molar-refractivity contribution < 1.29 is 4.74 Å². The lowest BCUT2D eigenvalue weighted by Crippen LogP contribution is -2.32. The van der Waals surface area contributed by atoms with E-state index in [4.69, 9.17) is 27.9 Å². The fourth-order valence-electron chi connectivity index (χ4n) is 1.18. The van der Waals surface area contributed by atoms with Crippen molar-refractivity contribution in [1.29, 1.82) is 0 Å². The van der Waals surface area contributed by atoms with Crippen molar-refractivity contribution in [3.8, 4) is 0 Å². The Morgan fingerprint density at radius 2 is 2.13 bits per heavy atom. The van der Waals surface area contributed by atoms with E-state index in [1.165, 1.54) is 0 Å². The van der Waals surface area contributed by atoms with Gasteiger partial charge in [-0.2, -0.15) is 0 Å². The van der Waals surface area contributed by atoms with Gasteiger partial charge in [0, 0.05) is 26.3 Å². The molecule has 0 aliphatic carbocycles. The molecule has 1 unspecified atom stereocenters. The molecule has 0 amide bonds. The van der Waals surface area contributed by atoms with Gasteiger partial charge in [-0.05, 0) is 6.92 Å². The topological polar surface area (TPSA) is 38.2 Å². The van der Waals surface area contributed by atoms with Crippen molar-refractivity contribution >= 4 is 28.9 Å². The molecule has 0 aliphatic rings. The van der Waals surface area contributed by atoms with Crippen LogP contribution in [-0.4, -0.2) is 37.0 Å². The standard InChI is InChI=1S/C9H13Cl2N3O/c1-6(5-15-3)14(2)7-4-8(10)12-13-9(7)11/h4,6H,5H2,1-3H3. The molecule has 0 bridgehead atoms. The van der Waals surface area contributed by atoms with Crippen LogP contribution in [0.3, 0.4) is 0 Å². The zero-order valence-corrected chi connectivity index (χ0v) is 10.4. The van der Waals surface area contributed by atoms with Crippen LogP contribution in [0.25, 0.3) is 0 Å². The van der Waals surface area contributed by atoms with Crippen LogP contribution in [-0.2, 0) is 4.74 Å². The smallest absolute Gasteiger partial charge is 0.175 e. The van der Waals surface area contributed by atoms with Gasteiger partial charge in [0.15, 0.2) is 10.3 Å². The van der Waals surface area contributed by atoms with Crippen molar-refractivity contribution in [2.24, 2.45) is 0 Å². The number of hydrogen-bond acceptors (Lipinski definition) is 4. The zero-order chi connectivity index (χ0) is 11.4. The van der Waals surface area contributed by atoms with E-state index < -0.39 is 0 Å². The molecule has 84 valence electrons. The summed E-state index contributed by atoms with van der Waals surface area (Å²) in [7, 11) is 3.56. The molecule has 1 aromatic heterocycles. The third kappa shape index (κ3) is 3.19. The molecule has 15 heavy (non-hydrogen) atoms. The van der Waals surface area contributed by atoms with Crippen LogP contribution >= 0.6 is 23.2 Å². The van der Waals surface area contributed by atoms with Crippen LogP contribution in [0.5, 0.6) is 0 Å². The second-order valence-corrected chi connectivity index (χ2v) is 4.00. The molecule has 1 atom stereocenters. The maximum Gasteiger partial charge on any atom is 0.175 e. The lowest BCUT2D eigenvalue weighted by atomic mass is 10.3. The second kappa shape index (κ2) is 5.49. The molecule has 1 aromatic rings. The van der Waals surface area contributed by atoms with Crippen LogP contribution in [0.4, 0.5) is 5.69 Å². The number of rotatable bonds is 4. The van der Waals surface area contributed by atoms with Gasteiger partial charge >= 0.3 is 0 Å². The minimum absolute atomic E-state index is 0.188. The first-order valence-electron chi connectivity index (χ1n) is 4.46. The first-order valence-corrected chi connectivity index (χ1v) is 5.22. The predicted octanol–water partition coefficient (Wildman–Crippen LogP) is 2.25. The van der Waals surface area contributed by atoms with Crippen molar-refractivity contribution in [1.82, 2.24) is 10.2 Å². The first-order chi connectivity index (χ1) is 7.06. The Morgan fingerprint density at radius 1 is 1.47 bits per heavy atom. The van der Waals surface area contributed by atoms with Gasteiger partial charge in [-0.15, -0.1) is 10.2 Å². The van der Waals surface area contributed by atoms with E-state index in [1.807, 2.05) is 18.9 Å². The predicted molar refractivity (Wildman–Crippen MR) is 61.8 cm³/mol. The van der Waals surface area contributed by atoms with Crippen LogP contribution in [0.15, 0.2) is 6.07 Å². The van der Waals surface area contributed by atoms with Crippen LogP contribution in [0.2, 0.25) is 10.3 Å². The molecule has 1 rings (SSSR count). The van der Waals surface area contributed by atoms with Crippen LogP contribution in [0, 0.1) is 0 Å². The molecule has 0 spiro atoms. The average Bonchev–Trinajstić information content (AvgIpc) is 2.21. The summed E-state index contributed by atoms with van der Waals surface area (Å²) in [6.45, 7) is 2.63. The molecule has 0 radical (unpaired) electrons. The van der Waals surface area contributed by atoms with Gasteiger partial charge in [-0.1, -0.05) is 23.2 Å². The third-order valence-electron chi connectivity index (χ3n) is 2.15. The fraction of sp³-hybridized carbons (Fsp3) is 0.556. The van der Waals surface area contributed by atoms with Crippen LogP contribution in [0.1, 0.15) is 6.92 Å². The molecule has 1 heterocycles. The third-order valence-corrected chi connectivity index (χ3v) is 2.60. The maximum atomic E-state index is 5.92. The van der Waals surface area contributed by atoms with E-state index in [-0.39, 0.29) is 6.04 Å². The number of nitrogens with zero attached hydrogens (tertiary/aromatic N) is 3. The van der Waals surface area contributed by atoms with Gasteiger partial charge in [-0.25, -0.2) is 0 Å². The largest absolute Gasteiger partial charge is 0.383 e. The SMILES string of the molecule is COCC(C)N(C)c1cc(Cl)nnc1Cl. The van der Waals surface area contributed by atoms with Crippen molar-refractivity contribution in [2.45, 2.75) is 13.0 Å². The number of aromatic nitrogens is 2. The first kappa shape index (κ1) is 12.5. The van der Waals surface area contributed by atoms with Crippen molar-refractivity contribution in [3.05, 3.63) is 16.4 Å². The highest BCUT2D eigenvalue weighted by Gasteiger charge is 2.14. The van der Waals surface area contributed by atoms with E-state index in [9.17, 15) is 0 Å². The Bertz CT molecular complexity index is 335. The normalized spacial score (nSPS) is 12.6. The minimum atomic E-state index is 0.188. The van der Waals surface area contributed by atoms with E-state index >= 15 is 0 Å². The van der Waals surface area contributed by atoms with E-state index in [1.54, 1.807) is 13.2 Å². The summed E-state index contributed by atoms with van der Waals surface area (Å²) in [4.78, 5) is 1.95. The number of halogens is 2. The highest BCUT2D eigenvalue weighted by atomic mass is 35.5. The number of likely N-dealkylation sites (N-methyl/N-ethyl adjacent to an activating group) is 1. The second-order valence-electron chi connectivity index (χ2n) is 3.26. The van der Waals surface area contributed by atoms with Gasteiger partial charge in [0.1, 0.15) is 0 Å². The summed E-state index contributed by atoms with van der Waals surface area (Å²) in [5, 5.41) is 8.06. The minimum Gasteiger partial charge on any atom is -0.383 e. The van der Waals surface area contributed by atoms with Gasteiger partial charge in [-0.3, -0.25) is 0 Å².